The van der Waals surface area contributed by atoms with Crippen LogP contribution in [0, 0.1) is 20.8 Å². The summed E-state index contributed by atoms with van der Waals surface area (Å²) in [7, 11) is 0. The van der Waals surface area contributed by atoms with E-state index in [9.17, 15) is 9.90 Å². The van der Waals surface area contributed by atoms with Crippen molar-refractivity contribution >= 4 is 23.4 Å². The van der Waals surface area contributed by atoms with Gasteiger partial charge in [0, 0.05) is 11.4 Å². The predicted molar refractivity (Wildman–Crippen MR) is 133 cm³/mol. The molecule has 168 valence electrons. The molecule has 0 saturated heterocycles. The number of rotatable bonds is 6. The Balaban J connectivity index is 1.68. The van der Waals surface area contributed by atoms with Gasteiger partial charge >= 0.3 is 0 Å². The second-order valence-electron chi connectivity index (χ2n) is 8.01. The smallest absolute Gasteiger partial charge is 0.237 e. The van der Waals surface area contributed by atoms with Crippen LogP contribution in [0.4, 0.5) is 5.69 Å². The van der Waals surface area contributed by atoms with Gasteiger partial charge in [-0.3, -0.25) is 9.36 Å². The van der Waals surface area contributed by atoms with Crippen molar-refractivity contribution in [3.63, 3.8) is 0 Å². The number of hydrogen-bond acceptors (Lipinski definition) is 5. The molecule has 33 heavy (non-hydrogen) atoms. The molecular formula is C26H26N4O2S. The van der Waals surface area contributed by atoms with Gasteiger partial charge in [0.15, 0.2) is 11.0 Å². The molecule has 1 aromatic heterocycles. The Bertz CT molecular complexity index is 1280. The molecule has 1 atom stereocenters. The first-order valence-corrected chi connectivity index (χ1v) is 11.6. The lowest BCUT2D eigenvalue weighted by atomic mass is 10.1. The van der Waals surface area contributed by atoms with Crippen LogP contribution in [0.1, 0.15) is 23.6 Å². The summed E-state index contributed by atoms with van der Waals surface area (Å²) in [5, 5.41) is 22.4. The molecule has 1 amide bonds. The summed E-state index contributed by atoms with van der Waals surface area (Å²) in [5.41, 5.74) is 5.44. The Hall–Kier alpha value is -3.58. The average molecular weight is 459 g/mol. The SMILES string of the molecule is Cc1ccc(-n2c(S[C@H](C)C(=O)Nc3c(C)cccc3C)nnc2-c2ccccc2O)cc1. The number of carbonyl (C=O) groups is 1. The Morgan fingerprint density at radius 3 is 2.27 bits per heavy atom. The second-order valence-corrected chi connectivity index (χ2v) is 9.32. The third kappa shape index (κ3) is 4.78. The molecule has 6 nitrogen and oxygen atoms in total. The third-order valence-corrected chi connectivity index (χ3v) is 6.49. The average Bonchev–Trinajstić information content (AvgIpc) is 3.20. The van der Waals surface area contributed by atoms with Crippen LogP contribution in [-0.2, 0) is 4.79 Å². The van der Waals surface area contributed by atoms with E-state index in [-0.39, 0.29) is 11.7 Å². The number of aromatic nitrogens is 3. The van der Waals surface area contributed by atoms with Gasteiger partial charge in [-0.15, -0.1) is 10.2 Å². The zero-order valence-electron chi connectivity index (χ0n) is 19.0. The molecule has 3 aromatic carbocycles. The minimum absolute atomic E-state index is 0.111. The Morgan fingerprint density at radius 1 is 0.939 bits per heavy atom. The lowest BCUT2D eigenvalue weighted by Gasteiger charge is -2.16. The van der Waals surface area contributed by atoms with Crippen molar-refractivity contribution in [2.75, 3.05) is 5.32 Å². The Kier molecular flexibility index (Phi) is 6.51. The molecular weight excluding hydrogens is 432 g/mol. The van der Waals surface area contributed by atoms with E-state index in [1.807, 2.05) is 80.8 Å². The Labute approximate surface area is 197 Å². The van der Waals surface area contributed by atoms with Gasteiger partial charge in [0.05, 0.1) is 10.8 Å². The normalized spacial score (nSPS) is 11.9. The molecule has 0 unspecified atom stereocenters. The summed E-state index contributed by atoms with van der Waals surface area (Å²) in [5.74, 6) is 0.525. The number of anilines is 1. The predicted octanol–water partition coefficient (Wildman–Crippen LogP) is 5.68. The number of phenols is 1. The largest absolute Gasteiger partial charge is 0.507 e. The van der Waals surface area contributed by atoms with Crippen LogP contribution in [0.3, 0.4) is 0 Å². The first kappa shape index (κ1) is 22.6. The zero-order valence-corrected chi connectivity index (χ0v) is 19.9. The summed E-state index contributed by atoms with van der Waals surface area (Å²) in [6.07, 6.45) is 0. The van der Waals surface area contributed by atoms with Crippen molar-refractivity contribution < 1.29 is 9.90 Å². The number of para-hydroxylation sites is 2. The molecule has 4 aromatic rings. The topological polar surface area (TPSA) is 80.0 Å². The number of aromatic hydroxyl groups is 1. The maximum absolute atomic E-state index is 13.0. The zero-order chi connectivity index (χ0) is 23.5. The van der Waals surface area contributed by atoms with Crippen molar-refractivity contribution in [3.05, 3.63) is 83.4 Å². The van der Waals surface area contributed by atoms with Gasteiger partial charge in [0.25, 0.3) is 0 Å². The minimum atomic E-state index is -0.422. The molecule has 2 N–H and O–H groups in total. The van der Waals surface area contributed by atoms with E-state index in [2.05, 4.69) is 15.5 Å². The van der Waals surface area contributed by atoms with Gasteiger partial charge in [-0.05, 0) is 63.1 Å². The highest BCUT2D eigenvalue weighted by atomic mass is 32.2. The molecule has 0 bridgehead atoms. The van der Waals surface area contributed by atoms with Gasteiger partial charge in [0.2, 0.25) is 5.91 Å². The fourth-order valence-electron chi connectivity index (χ4n) is 3.56. The molecule has 1 heterocycles. The highest BCUT2D eigenvalue weighted by Crippen LogP contribution is 2.34. The quantitative estimate of drug-likeness (QED) is 0.363. The number of nitrogens with one attached hydrogen (secondary N) is 1. The van der Waals surface area contributed by atoms with Crippen LogP contribution in [0.5, 0.6) is 5.75 Å². The van der Waals surface area contributed by atoms with Crippen LogP contribution in [0.15, 0.2) is 71.9 Å². The Morgan fingerprint density at radius 2 is 1.61 bits per heavy atom. The summed E-state index contributed by atoms with van der Waals surface area (Å²) in [4.78, 5) is 13.0. The summed E-state index contributed by atoms with van der Waals surface area (Å²) < 4.78 is 1.88. The first-order valence-electron chi connectivity index (χ1n) is 10.7. The van der Waals surface area contributed by atoms with E-state index in [0.717, 1.165) is 28.1 Å². The first-order chi connectivity index (χ1) is 15.8. The number of carbonyl (C=O) groups excluding carboxylic acids is 1. The number of aryl methyl sites for hydroxylation is 3. The van der Waals surface area contributed by atoms with Gasteiger partial charge in [0.1, 0.15) is 5.75 Å². The molecule has 4 rings (SSSR count). The van der Waals surface area contributed by atoms with Crippen molar-refractivity contribution in [2.45, 2.75) is 38.1 Å². The van der Waals surface area contributed by atoms with E-state index >= 15 is 0 Å². The number of benzene rings is 3. The highest BCUT2D eigenvalue weighted by Gasteiger charge is 2.23. The van der Waals surface area contributed by atoms with Crippen molar-refractivity contribution in [1.29, 1.82) is 0 Å². The van der Waals surface area contributed by atoms with Crippen LogP contribution < -0.4 is 5.32 Å². The molecule has 0 fully saturated rings. The molecule has 0 aliphatic heterocycles. The molecule has 0 spiro atoms. The van der Waals surface area contributed by atoms with Gasteiger partial charge in [-0.25, -0.2) is 0 Å². The maximum atomic E-state index is 13.0. The fraction of sp³-hybridized carbons (Fsp3) is 0.192. The van der Waals surface area contributed by atoms with E-state index in [4.69, 9.17) is 0 Å². The lowest BCUT2D eigenvalue weighted by molar-refractivity contribution is -0.115. The highest BCUT2D eigenvalue weighted by molar-refractivity contribution is 8.00. The molecule has 0 aliphatic rings. The monoisotopic (exact) mass is 458 g/mol. The lowest BCUT2D eigenvalue weighted by Crippen LogP contribution is -2.23. The van der Waals surface area contributed by atoms with Crippen LogP contribution in [0.25, 0.3) is 17.1 Å². The van der Waals surface area contributed by atoms with E-state index in [1.54, 1.807) is 18.2 Å². The van der Waals surface area contributed by atoms with Crippen LogP contribution >= 0.6 is 11.8 Å². The fourth-order valence-corrected chi connectivity index (χ4v) is 4.43. The van der Waals surface area contributed by atoms with Crippen molar-refractivity contribution in [1.82, 2.24) is 14.8 Å². The number of phenolic OH excluding ortho intramolecular Hbond substituents is 1. The summed E-state index contributed by atoms with van der Waals surface area (Å²) in [6.45, 7) is 7.83. The molecule has 0 radical (unpaired) electrons. The van der Waals surface area contributed by atoms with Crippen molar-refractivity contribution in [3.8, 4) is 22.8 Å². The van der Waals surface area contributed by atoms with Gasteiger partial charge < -0.3 is 10.4 Å². The van der Waals surface area contributed by atoms with Gasteiger partial charge in [-0.2, -0.15) is 0 Å². The number of hydrogen-bond donors (Lipinski definition) is 2. The van der Waals surface area contributed by atoms with Gasteiger partial charge in [-0.1, -0.05) is 59.8 Å². The minimum Gasteiger partial charge on any atom is -0.507 e. The van der Waals surface area contributed by atoms with E-state index in [0.29, 0.717) is 16.5 Å². The number of nitrogens with zero attached hydrogens (tertiary/aromatic N) is 3. The third-order valence-electron chi connectivity index (χ3n) is 5.45. The summed E-state index contributed by atoms with van der Waals surface area (Å²) >= 11 is 1.33. The maximum Gasteiger partial charge on any atom is 0.237 e. The number of thioether (sulfide) groups is 1. The molecule has 0 saturated carbocycles. The summed E-state index contributed by atoms with van der Waals surface area (Å²) in [6, 6.07) is 20.9. The second kappa shape index (κ2) is 9.50. The van der Waals surface area contributed by atoms with Crippen molar-refractivity contribution in [2.24, 2.45) is 0 Å². The van der Waals surface area contributed by atoms with Crippen LogP contribution in [-0.4, -0.2) is 31.0 Å². The molecule has 7 heteroatoms. The number of amides is 1. The van der Waals surface area contributed by atoms with Crippen LogP contribution in [0.2, 0.25) is 0 Å². The molecule has 0 aliphatic carbocycles. The van der Waals surface area contributed by atoms with E-state index in [1.165, 1.54) is 11.8 Å². The van der Waals surface area contributed by atoms with E-state index < -0.39 is 5.25 Å². The standard InChI is InChI=1S/C26H26N4O2S/c1-16-12-14-20(15-13-16)30-24(21-10-5-6-11-22(21)31)28-29-26(30)33-19(4)25(32)27-23-17(2)8-7-9-18(23)3/h5-15,19,31H,1-4H3,(H,27,32)/t19-/m1/s1.